The third-order valence-electron chi connectivity index (χ3n) is 3.00. The second kappa shape index (κ2) is 6.09. The van der Waals surface area contributed by atoms with Crippen molar-refractivity contribution in [1.29, 1.82) is 0 Å². The van der Waals surface area contributed by atoms with Crippen LogP contribution in [0.15, 0.2) is 42.5 Å². The lowest BCUT2D eigenvalue weighted by molar-refractivity contribution is 0.0650. The lowest BCUT2D eigenvalue weighted by atomic mass is 10.0. The van der Waals surface area contributed by atoms with Crippen LogP contribution >= 0.6 is 0 Å². The fourth-order valence-electron chi connectivity index (χ4n) is 2.03. The van der Waals surface area contributed by atoms with Gasteiger partial charge in [0.15, 0.2) is 0 Å². The molecule has 0 fully saturated rings. The van der Waals surface area contributed by atoms with Crippen molar-refractivity contribution in [2.45, 2.75) is 13.5 Å². The van der Waals surface area contributed by atoms with E-state index in [0.29, 0.717) is 11.3 Å². The highest BCUT2D eigenvalue weighted by molar-refractivity contribution is 6.03. The summed E-state index contributed by atoms with van der Waals surface area (Å²) in [6.45, 7) is 1.83. The van der Waals surface area contributed by atoms with Gasteiger partial charge in [0, 0.05) is 0 Å². The zero-order valence-corrected chi connectivity index (χ0v) is 11.4. The van der Waals surface area contributed by atoms with Gasteiger partial charge >= 0.3 is 11.9 Å². The molecule has 0 heterocycles. The first-order chi connectivity index (χ1) is 9.99. The summed E-state index contributed by atoms with van der Waals surface area (Å²) < 4.78 is 5.54. The minimum atomic E-state index is -1.29. The third-order valence-corrected chi connectivity index (χ3v) is 3.00. The average molecular weight is 286 g/mol. The van der Waals surface area contributed by atoms with Crippen LogP contribution in [0.5, 0.6) is 5.75 Å². The molecule has 0 radical (unpaired) electrons. The van der Waals surface area contributed by atoms with Gasteiger partial charge in [-0.3, -0.25) is 0 Å². The van der Waals surface area contributed by atoms with E-state index in [-0.39, 0.29) is 17.7 Å². The Morgan fingerprint density at radius 1 is 1.05 bits per heavy atom. The van der Waals surface area contributed by atoms with Crippen LogP contribution in [-0.2, 0) is 6.61 Å². The summed E-state index contributed by atoms with van der Waals surface area (Å²) in [5.41, 5.74) is 0.805. The van der Waals surface area contributed by atoms with Gasteiger partial charge in [0.1, 0.15) is 12.4 Å². The number of rotatable bonds is 5. The van der Waals surface area contributed by atoms with Crippen LogP contribution in [0.2, 0.25) is 0 Å². The fraction of sp³-hybridized carbons (Fsp3) is 0.125. The minimum Gasteiger partial charge on any atom is -0.489 e. The van der Waals surface area contributed by atoms with Gasteiger partial charge < -0.3 is 14.9 Å². The maximum atomic E-state index is 11.2. The summed E-state index contributed by atoms with van der Waals surface area (Å²) in [7, 11) is 0. The van der Waals surface area contributed by atoms with Crippen molar-refractivity contribution in [1.82, 2.24) is 0 Å². The van der Waals surface area contributed by atoms with Crippen LogP contribution in [-0.4, -0.2) is 22.2 Å². The van der Waals surface area contributed by atoms with Crippen LogP contribution in [0, 0.1) is 6.92 Å². The van der Waals surface area contributed by atoms with E-state index in [9.17, 15) is 9.59 Å². The van der Waals surface area contributed by atoms with Gasteiger partial charge in [-0.1, -0.05) is 30.3 Å². The molecule has 5 nitrogen and oxygen atoms in total. The van der Waals surface area contributed by atoms with E-state index in [2.05, 4.69) is 0 Å². The van der Waals surface area contributed by atoms with Crippen LogP contribution in [0.25, 0.3) is 0 Å². The van der Waals surface area contributed by atoms with Gasteiger partial charge in [-0.25, -0.2) is 9.59 Å². The Morgan fingerprint density at radius 3 is 2.29 bits per heavy atom. The number of carboxylic acid groups (broad SMARTS) is 2. The molecule has 0 aliphatic heterocycles. The molecule has 0 atom stereocenters. The maximum absolute atomic E-state index is 11.2. The number of ether oxygens (including phenoxy) is 1. The number of hydrogen-bond donors (Lipinski definition) is 2. The quantitative estimate of drug-likeness (QED) is 0.882. The number of carboxylic acids is 2. The van der Waals surface area contributed by atoms with Gasteiger partial charge in [0.05, 0.1) is 11.1 Å². The van der Waals surface area contributed by atoms with E-state index >= 15 is 0 Å². The molecule has 108 valence electrons. The van der Waals surface area contributed by atoms with Crippen LogP contribution < -0.4 is 4.74 Å². The van der Waals surface area contributed by atoms with Crippen molar-refractivity contribution in [3.05, 3.63) is 64.7 Å². The Hall–Kier alpha value is -2.82. The molecule has 0 bridgehead atoms. The molecule has 0 aliphatic rings. The molecule has 21 heavy (non-hydrogen) atoms. The first-order valence-electron chi connectivity index (χ1n) is 6.27. The summed E-state index contributed by atoms with van der Waals surface area (Å²) in [5.74, 6) is -2.22. The highest BCUT2D eigenvalue weighted by Crippen LogP contribution is 2.23. The molecule has 5 heteroatoms. The van der Waals surface area contributed by atoms with Gasteiger partial charge in [0.25, 0.3) is 0 Å². The largest absolute Gasteiger partial charge is 0.489 e. The summed E-state index contributed by atoms with van der Waals surface area (Å²) in [4.78, 5) is 22.3. The van der Waals surface area contributed by atoms with Crippen LogP contribution in [0.4, 0.5) is 0 Å². The number of aryl methyl sites for hydroxylation is 1. The fourth-order valence-corrected chi connectivity index (χ4v) is 2.03. The molecule has 0 unspecified atom stereocenters. The van der Waals surface area contributed by atoms with Gasteiger partial charge in [0.2, 0.25) is 0 Å². The standard InChI is InChI=1S/C16H14O5/c1-10-7-12(21-9-11-5-3-2-4-6-11)8-13(15(17)18)14(10)16(19)20/h2-8H,9H2,1H3,(H,17,18)(H,19,20). The highest BCUT2D eigenvalue weighted by atomic mass is 16.5. The molecule has 0 saturated carbocycles. The number of benzene rings is 2. The first-order valence-corrected chi connectivity index (χ1v) is 6.27. The predicted octanol–water partition coefficient (Wildman–Crippen LogP) is 2.97. The van der Waals surface area contributed by atoms with Crippen LogP contribution in [0.3, 0.4) is 0 Å². The van der Waals surface area contributed by atoms with E-state index in [1.54, 1.807) is 6.92 Å². The summed E-state index contributed by atoms with van der Waals surface area (Å²) in [6, 6.07) is 12.2. The van der Waals surface area contributed by atoms with Gasteiger partial charge in [-0.2, -0.15) is 0 Å². The Balaban J connectivity index is 2.29. The van der Waals surface area contributed by atoms with E-state index in [1.165, 1.54) is 12.1 Å². The van der Waals surface area contributed by atoms with Crippen molar-refractivity contribution < 1.29 is 24.5 Å². The smallest absolute Gasteiger partial charge is 0.336 e. The monoisotopic (exact) mass is 286 g/mol. The van der Waals surface area contributed by atoms with Crippen molar-refractivity contribution >= 4 is 11.9 Å². The van der Waals surface area contributed by atoms with Gasteiger partial charge in [-0.05, 0) is 30.2 Å². The molecule has 0 amide bonds. The minimum absolute atomic E-state index is 0.213. The van der Waals surface area contributed by atoms with E-state index < -0.39 is 11.9 Å². The topological polar surface area (TPSA) is 83.8 Å². The van der Waals surface area contributed by atoms with E-state index in [0.717, 1.165) is 5.56 Å². The molecule has 0 aromatic heterocycles. The second-order valence-corrected chi connectivity index (χ2v) is 4.55. The highest BCUT2D eigenvalue weighted by Gasteiger charge is 2.20. The summed E-state index contributed by atoms with van der Waals surface area (Å²) in [5, 5.41) is 18.2. The molecule has 2 aromatic rings. The average Bonchev–Trinajstić information content (AvgIpc) is 2.45. The predicted molar refractivity (Wildman–Crippen MR) is 75.9 cm³/mol. The molecule has 0 spiro atoms. The summed E-state index contributed by atoms with van der Waals surface area (Å²) >= 11 is 0. The van der Waals surface area contributed by atoms with Gasteiger partial charge in [-0.15, -0.1) is 0 Å². The number of aromatic carboxylic acids is 2. The van der Waals surface area contributed by atoms with E-state index in [4.69, 9.17) is 14.9 Å². The zero-order chi connectivity index (χ0) is 15.4. The van der Waals surface area contributed by atoms with E-state index in [1.807, 2.05) is 30.3 Å². The zero-order valence-electron chi connectivity index (χ0n) is 11.4. The van der Waals surface area contributed by atoms with Crippen molar-refractivity contribution in [3.63, 3.8) is 0 Å². The molecule has 0 aliphatic carbocycles. The number of carbonyl (C=O) groups is 2. The van der Waals surface area contributed by atoms with Crippen LogP contribution in [0.1, 0.15) is 31.8 Å². The SMILES string of the molecule is Cc1cc(OCc2ccccc2)cc(C(=O)O)c1C(=O)O. The summed E-state index contributed by atoms with van der Waals surface area (Å²) in [6.07, 6.45) is 0. The molecular formula is C16H14O5. The normalized spacial score (nSPS) is 10.1. The Kier molecular flexibility index (Phi) is 4.23. The third kappa shape index (κ3) is 3.39. The van der Waals surface area contributed by atoms with Crippen molar-refractivity contribution in [3.8, 4) is 5.75 Å². The number of hydrogen-bond acceptors (Lipinski definition) is 3. The molecule has 2 N–H and O–H groups in total. The molecular weight excluding hydrogens is 272 g/mol. The maximum Gasteiger partial charge on any atom is 0.336 e. The van der Waals surface area contributed by atoms with Crippen molar-refractivity contribution in [2.24, 2.45) is 0 Å². The lowest BCUT2D eigenvalue weighted by Crippen LogP contribution is -2.11. The molecule has 2 rings (SSSR count). The first kappa shape index (κ1) is 14.6. The molecule has 2 aromatic carbocycles. The lowest BCUT2D eigenvalue weighted by Gasteiger charge is -2.11. The molecule has 0 saturated heterocycles. The Bertz CT molecular complexity index is 677. The Morgan fingerprint density at radius 2 is 1.71 bits per heavy atom. The Labute approximate surface area is 121 Å². The second-order valence-electron chi connectivity index (χ2n) is 4.55. The van der Waals surface area contributed by atoms with Crippen molar-refractivity contribution in [2.75, 3.05) is 0 Å².